The molecule has 0 atom stereocenters. The number of thiocarbonyl (C=S) groups is 1. The molecule has 0 radical (unpaired) electrons. The number of fused-ring (bicyclic) bond motifs is 1. The van der Waals surface area contributed by atoms with Crippen LogP contribution in [0.1, 0.15) is 49.6 Å². The average Bonchev–Trinajstić information content (AvgIpc) is 3.29. The molecule has 2 fully saturated rings. The van der Waals surface area contributed by atoms with Crippen LogP contribution in [0.5, 0.6) is 5.75 Å². The van der Waals surface area contributed by atoms with E-state index in [2.05, 4.69) is 51.9 Å². The molecule has 2 aliphatic rings. The minimum Gasteiger partial charge on any atom is -0.494 e. The van der Waals surface area contributed by atoms with E-state index in [-0.39, 0.29) is 0 Å². The summed E-state index contributed by atoms with van der Waals surface area (Å²) in [5.74, 6) is 2.87. The Bertz CT molecular complexity index is 1050. The van der Waals surface area contributed by atoms with Gasteiger partial charge in [-0.25, -0.2) is 4.98 Å². The van der Waals surface area contributed by atoms with Crippen molar-refractivity contribution in [3.8, 4) is 5.75 Å². The van der Waals surface area contributed by atoms with Gasteiger partial charge in [-0.2, -0.15) is 0 Å². The number of nitrogens with zero attached hydrogens (tertiary/aromatic N) is 3. The van der Waals surface area contributed by atoms with Crippen LogP contribution in [0.4, 0.5) is 0 Å². The van der Waals surface area contributed by atoms with E-state index in [9.17, 15) is 0 Å². The molecule has 2 heterocycles. The van der Waals surface area contributed by atoms with Gasteiger partial charge in [-0.1, -0.05) is 24.4 Å². The van der Waals surface area contributed by atoms with E-state index in [1.54, 1.807) is 0 Å². The second-order valence-corrected chi connectivity index (χ2v) is 8.93. The van der Waals surface area contributed by atoms with Crippen molar-refractivity contribution in [2.45, 2.75) is 45.6 Å². The molecule has 1 aliphatic heterocycles. The van der Waals surface area contributed by atoms with Crippen LogP contribution in [0.2, 0.25) is 0 Å². The third-order valence-electron chi connectivity index (χ3n) is 6.20. The number of rotatable bonds is 7. The van der Waals surface area contributed by atoms with Crippen molar-refractivity contribution in [2.24, 2.45) is 5.92 Å². The monoisotopic (exact) mass is 419 g/mol. The first kappa shape index (κ1) is 19.6. The Hall–Kier alpha value is -2.40. The van der Waals surface area contributed by atoms with Crippen molar-refractivity contribution in [3.63, 3.8) is 0 Å². The van der Waals surface area contributed by atoms with Gasteiger partial charge < -0.3 is 14.2 Å². The predicted molar refractivity (Wildman–Crippen MR) is 125 cm³/mol. The first-order valence-electron chi connectivity index (χ1n) is 11.2. The fraction of sp³-hybridized carbons (Fsp3) is 0.440. The highest BCUT2D eigenvalue weighted by Crippen LogP contribution is 2.33. The lowest BCUT2D eigenvalue weighted by Crippen LogP contribution is -2.26. The van der Waals surface area contributed by atoms with Gasteiger partial charge in [-0.05, 0) is 74.4 Å². The fourth-order valence-corrected chi connectivity index (χ4v) is 4.68. The highest BCUT2D eigenvalue weighted by molar-refractivity contribution is 7.80. The summed E-state index contributed by atoms with van der Waals surface area (Å²) >= 11 is 5.78. The van der Waals surface area contributed by atoms with Crippen LogP contribution in [-0.2, 0) is 13.0 Å². The van der Waals surface area contributed by atoms with Crippen molar-refractivity contribution in [1.29, 1.82) is 0 Å². The summed E-state index contributed by atoms with van der Waals surface area (Å²) in [6, 6.07) is 15.0. The van der Waals surface area contributed by atoms with Gasteiger partial charge in [-0.15, -0.1) is 0 Å². The zero-order valence-electron chi connectivity index (χ0n) is 17.6. The second kappa shape index (κ2) is 8.38. The summed E-state index contributed by atoms with van der Waals surface area (Å²) in [4.78, 5) is 8.37. The first-order valence-corrected chi connectivity index (χ1v) is 11.6. The van der Waals surface area contributed by atoms with E-state index >= 15 is 0 Å². The van der Waals surface area contributed by atoms with Crippen molar-refractivity contribution in [3.05, 3.63) is 59.4 Å². The molecule has 2 aromatic carbocycles. The van der Waals surface area contributed by atoms with Crippen molar-refractivity contribution < 1.29 is 4.74 Å². The summed E-state index contributed by atoms with van der Waals surface area (Å²) in [5.41, 5.74) is 4.69. The summed E-state index contributed by atoms with van der Waals surface area (Å²) < 4.78 is 8.02. The fourth-order valence-electron chi connectivity index (χ4n) is 4.37. The van der Waals surface area contributed by atoms with E-state index in [0.29, 0.717) is 6.61 Å². The molecule has 5 rings (SSSR count). The highest BCUT2D eigenvalue weighted by atomic mass is 32.1. The van der Waals surface area contributed by atoms with E-state index in [1.165, 1.54) is 36.8 Å². The van der Waals surface area contributed by atoms with Crippen LogP contribution in [-0.4, -0.2) is 39.1 Å². The zero-order valence-corrected chi connectivity index (χ0v) is 18.5. The van der Waals surface area contributed by atoms with Gasteiger partial charge in [0.2, 0.25) is 0 Å². The maximum Gasteiger partial charge on any atom is 0.119 e. The summed E-state index contributed by atoms with van der Waals surface area (Å²) in [6.07, 6.45) is 5.98. The minimum absolute atomic E-state index is 0.693. The number of hydrogen-bond acceptors (Lipinski definition) is 3. The Labute approximate surface area is 183 Å². The Balaban J connectivity index is 1.45. The van der Waals surface area contributed by atoms with Crippen molar-refractivity contribution in [1.82, 2.24) is 14.5 Å². The van der Waals surface area contributed by atoms with Crippen LogP contribution in [0.15, 0.2) is 42.5 Å². The van der Waals surface area contributed by atoms with E-state index < -0.39 is 0 Å². The molecule has 0 amide bonds. The summed E-state index contributed by atoms with van der Waals surface area (Å²) in [5, 5.41) is 0. The number of hydrogen-bond donors (Lipinski definition) is 0. The maximum atomic E-state index is 5.78. The van der Waals surface area contributed by atoms with Gasteiger partial charge in [0.1, 0.15) is 16.6 Å². The Morgan fingerprint density at radius 3 is 2.57 bits per heavy atom. The van der Waals surface area contributed by atoms with Gasteiger partial charge in [0.15, 0.2) is 0 Å². The lowest BCUT2D eigenvalue weighted by molar-refractivity contribution is 0.340. The molecular formula is C25H29N3OS. The van der Waals surface area contributed by atoms with Crippen molar-refractivity contribution in [2.75, 3.05) is 19.7 Å². The van der Waals surface area contributed by atoms with Gasteiger partial charge in [-0.3, -0.25) is 0 Å². The molecule has 1 saturated carbocycles. The van der Waals surface area contributed by atoms with Crippen LogP contribution >= 0.6 is 12.2 Å². The molecule has 1 aromatic heterocycles. The number of imidazole rings is 1. The van der Waals surface area contributed by atoms with Gasteiger partial charge >= 0.3 is 0 Å². The number of benzene rings is 2. The van der Waals surface area contributed by atoms with E-state index in [1.807, 2.05) is 6.92 Å². The van der Waals surface area contributed by atoms with Crippen LogP contribution in [0.3, 0.4) is 0 Å². The number of aromatic nitrogens is 2. The Kier molecular flexibility index (Phi) is 5.47. The van der Waals surface area contributed by atoms with Crippen LogP contribution in [0, 0.1) is 5.92 Å². The Morgan fingerprint density at radius 2 is 1.87 bits per heavy atom. The topological polar surface area (TPSA) is 30.3 Å². The number of likely N-dealkylation sites (tertiary alicyclic amines) is 1. The third kappa shape index (κ3) is 4.08. The summed E-state index contributed by atoms with van der Waals surface area (Å²) in [6.45, 7) is 5.93. The molecule has 30 heavy (non-hydrogen) atoms. The first-order chi connectivity index (χ1) is 14.7. The molecular weight excluding hydrogens is 390 g/mol. The molecule has 1 aliphatic carbocycles. The van der Waals surface area contributed by atoms with E-state index in [0.717, 1.165) is 59.6 Å². The number of ether oxygens (including phenoxy) is 1. The summed E-state index contributed by atoms with van der Waals surface area (Å²) in [7, 11) is 0. The lowest BCUT2D eigenvalue weighted by Gasteiger charge is -2.18. The second-order valence-electron chi connectivity index (χ2n) is 8.54. The lowest BCUT2D eigenvalue weighted by atomic mass is 10.1. The highest BCUT2D eigenvalue weighted by Gasteiger charge is 2.25. The molecule has 156 valence electrons. The van der Waals surface area contributed by atoms with Gasteiger partial charge in [0, 0.05) is 31.6 Å². The molecule has 0 bridgehead atoms. The molecule has 4 nitrogen and oxygen atoms in total. The Morgan fingerprint density at radius 1 is 1.10 bits per heavy atom. The van der Waals surface area contributed by atoms with Crippen molar-refractivity contribution >= 4 is 28.2 Å². The smallest absolute Gasteiger partial charge is 0.119 e. The van der Waals surface area contributed by atoms with Gasteiger partial charge in [0.05, 0.1) is 17.6 Å². The maximum absolute atomic E-state index is 5.78. The zero-order chi connectivity index (χ0) is 20.5. The largest absolute Gasteiger partial charge is 0.494 e. The molecule has 0 spiro atoms. The predicted octanol–water partition coefficient (Wildman–Crippen LogP) is 5.21. The third-order valence-corrected chi connectivity index (χ3v) is 6.70. The van der Waals surface area contributed by atoms with Crippen LogP contribution < -0.4 is 4.74 Å². The van der Waals surface area contributed by atoms with Crippen LogP contribution in [0.25, 0.3) is 11.0 Å². The molecule has 3 aromatic rings. The molecule has 0 unspecified atom stereocenters. The average molecular weight is 420 g/mol. The normalized spacial score (nSPS) is 16.4. The standard InChI is InChI=1S/C25H29N3OS/c1-2-29-21-10-7-18(8-11-21)15-24-26-22-16-20(25(30)27-13-3-4-14-27)9-12-23(22)28(24)17-19-5-6-19/h7-12,16,19H,2-6,13-15,17H2,1H3. The van der Waals surface area contributed by atoms with Gasteiger partial charge in [0.25, 0.3) is 0 Å². The molecule has 5 heteroatoms. The molecule has 1 saturated heterocycles. The SMILES string of the molecule is CCOc1ccc(Cc2nc3cc(C(=S)N4CCCC4)ccc3n2CC2CC2)cc1. The quantitative estimate of drug-likeness (QED) is 0.492. The minimum atomic E-state index is 0.693. The molecule has 0 N–H and O–H groups in total. The van der Waals surface area contributed by atoms with E-state index in [4.69, 9.17) is 21.9 Å².